The summed E-state index contributed by atoms with van der Waals surface area (Å²) in [4.78, 5) is 26.9. The quantitative estimate of drug-likeness (QED) is 0.708. The van der Waals surface area contributed by atoms with Gasteiger partial charge in [-0.25, -0.2) is 4.79 Å². The summed E-state index contributed by atoms with van der Waals surface area (Å²) in [5.41, 5.74) is -0.696. The Balaban J connectivity index is 1.97. The molecule has 1 spiro atoms. The Morgan fingerprint density at radius 3 is 2.50 bits per heavy atom. The molecule has 0 aliphatic carbocycles. The van der Waals surface area contributed by atoms with Gasteiger partial charge < -0.3 is 10.2 Å². The highest BCUT2D eigenvalue weighted by Gasteiger charge is 2.50. The third-order valence-electron chi connectivity index (χ3n) is 3.83. The largest absolute Gasteiger partial charge is 0.324 e. The van der Waals surface area contributed by atoms with Gasteiger partial charge in [-0.1, -0.05) is 0 Å². The molecule has 6 heteroatoms. The molecule has 2 saturated heterocycles. The normalized spacial score (nSPS) is 25.1. The molecule has 1 N–H and O–H groups in total. The first-order valence-electron chi connectivity index (χ1n) is 6.21. The van der Waals surface area contributed by atoms with Crippen LogP contribution in [0.1, 0.15) is 19.8 Å². The molecule has 6 nitrogen and oxygen atoms in total. The number of carbonyl (C=O) groups is 2. The minimum absolute atomic E-state index is 0.00408. The van der Waals surface area contributed by atoms with Crippen LogP contribution in [0, 0.1) is 17.2 Å². The molecule has 1 unspecified atom stereocenters. The molecule has 2 fully saturated rings. The fourth-order valence-corrected chi connectivity index (χ4v) is 2.64. The van der Waals surface area contributed by atoms with Crippen molar-refractivity contribution in [3.8, 4) is 6.07 Å². The first kappa shape index (κ1) is 12.8. The van der Waals surface area contributed by atoms with Crippen molar-refractivity contribution in [1.29, 1.82) is 5.26 Å². The van der Waals surface area contributed by atoms with E-state index in [0.717, 1.165) is 24.5 Å². The lowest BCUT2D eigenvalue weighted by Crippen LogP contribution is -2.55. The van der Waals surface area contributed by atoms with Gasteiger partial charge in [-0.05, 0) is 19.8 Å². The van der Waals surface area contributed by atoms with Gasteiger partial charge in [-0.3, -0.25) is 9.69 Å². The summed E-state index contributed by atoms with van der Waals surface area (Å²) in [5, 5.41) is 11.6. The van der Waals surface area contributed by atoms with Gasteiger partial charge in [-0.2, -0.15) is 5.26 Å². The zero-order valence-corrected chi connectivity index (χ0v) is 10.8. The van der Waals surface area contributed by atoms with Crippen LogP contribution in [-0.2, 0) is 4.79 Å². The van der Waals surface area contributed by atoms with Crippen molar-refractivity contribution < 1.29 is 9.59 Å². The molecular formula is C12H18N4O2. The van der Waals surface area contributed by atoms with Crippen LogP contribution in [0.25, 0.3) is 0 Å². The van der Waals surface area contributed by atoms with E-state index in [2.05, 4.69) is 16.3 Å². The van der Waals surface area contributed by atoms with Crippen LogP contribution >= 0.6 is 0 Å². The molecule has 0 bridgehead atoms. The van der Waals surface area contributed by atoms with E-state index in [4.69, 9.17) is 5.26 Å². The fourth-order valence-electron chi connectivity index (χ4n) is 2.64. The van der Waals surface area contributed by atoms with E-state index in [-0.39, 0.29) is 17.9 Å². The molecule has 98 valence electrons. The molecule has 0 radical (unpaired) electrons. The Morgan fingerprint density at radius 1 is 1.44 bits per heavy atom. The topological polar surface area (TPSA) is 76.4 Å². The van der Waals surface area contributed by atoms with Crippen molar-refractivity contribution in [1.82, 2.24) is 15.1 Å². The average molecular weight is 250 g/mol. The molecule has 2 rings (SSSR count). The number of imide groups is 1. The lowest BCUT2D eigenvalue weighted by molar-refractivity contribution is -0.132. The lowest BCUT2D eigenvalue weighted by Gasteiger charge is -2.37. The SMILES string of the molecule is CC(C#N)CN1CCC2(CC1)NC(=O)N(C)C2=O. The van der Waals surface area contributed by atoms with E-state index in [1.165, 1.54) is 7.05 Å². The number of rotatable bonds is 2. The zero-order chi connectivity index (χ0) is 13.3. The summed E-state index contributed by atoms with van der Waals surface area (Å²) in [6, 6.07) is 1.90. The smallest absolute Gasteiger partial charge is 0.323 e. The van der Waals surface area contributed by atoms with Crippen molar-refractivity contribution in [3.05, 3.63) is 0 Å². The molecule has 0 saturated carbocycles. The minimum atomic E-state index is -0.696. The Labute approximate surface area is 107 Å². The first-order chi connectivity index (χ1) is 8.48. The minimum Gasteiger partial charge on any atom is -0.323 e. The number of nitrogens with one attached hydrogen (secondary N) is 1. The van der Waals surface area contributed by atoms with E-state index in [9.17, 15) is 9.59 Å². The van der Waals surface area contributed by atoms with Gasteiger partial charge >= 0.3 is 6.03 Å². The highest BCUT2D eigenvalue weighted by atomic mass is 16.2. The van der Waals surface area contributed by atoms with Crippen molar-refractivity contribution in [3.63, 3.8) is 0 Å². The van der Waals surface area contributed by atoms with Crippen LogP contribution in [0.5, 0.6) is 0 Å². The van der Waals surface area contributed by atoms with Crippen LogP contribution in [-0.4, -0.2) is 54.0 Å². The number of urea groups is 1. The summed E-state index contributed by atoms with van der Waals surface area (Å²) in [5.74, 6) is -0.129. The number of carbonyl (C=O) groups excluding carboxylic acids is 2. The molecule has 0 aromatic rings. The molecule has 0 aromatic heterocycles. The summed E-state index contributed by atoms with van der Waals surface area (Å²) >= 11 is 0. The second-order valence-electron chi connectivity index (χ2n) is 5.21. The zero-order valence-electron chi connectivity index (χ0n) is 10.8. The maximum atomic E-state index is 12.0. The van der Waals surface area contributed by atoms with Crippen LogP contribution < -0.4 is 5.32 Å². The number of amides is 3. The highest BCUT2D eigenvalue weighted by molar-refractivity contribution is 6.06. The van der Waals surface area contributed by atoms with Gasteiger partial charge in [0.2, 0.25) is 0 Å². The van der Waals surface area contributed by atoms with E-state index in [1.54, 1.807) is 0 Å². The summed E-state index contributed by atoms with van der Waals surface area (Å²) in [6.07, 6.45) is 1.25. The Hall–Kier alpha value is -1.61. The van der Waals surface area contributed by atoms with Gasteiger partial charge in [0.05, 0.1) is 12.0 Å². The molecule has 0 aromatic carbocycles. The van der Waals surface area contributed by atoms with Crippen LogP contribution in [0.3, 0.4) is 0 Å². The molecule has 2 heterocycles. The second kappa shape index (κ2) is 4.58. The van der Waals surface area contributed by atoms with E-state index >= 15 is 0 Å². The van der Waals surface area contributed by atoms with Gasteiger partial charge in [0, 0.05) is 26.7 Å². The maximum Gasteiger partial charge on any atom is 0.324 e. The molecule has 2 aliphatic rings. The third-order valence-corrected chi connectivity index (χ3v) is 3.83. The number of hydrogen-bond acceptors (Lipinski definition) is 4. The summed E-state index contributed by atoms with van der Waals surface area (Å²) < 4.78 is 0. The Kier molecular flexibility index (Phi) is 3.26. The van der Waals surface area contributed by atoms with Gasteiger partial charge in [0.15, 0.2) is 0 Å². The molecular weight excluding hydrogens is 232 g/mol. The van der Waals surface area contributed by atoms with Gasteiger partial charge in [-0.15, -0.1) is 0 Å². The molecule has 2 aliphatic heterocycles. The number of nitriles is 1. The number of piperidine rings is 1. The number of likely N-dealkylation sites (tertiary alicyclic amines) is 1. The predicted octanol–water partition coefficient (Wildman–Crippen LogP) is 0.162. The van der Waals surface area contributed by atoms with E-state index in [1.807, 2.05) is 6.92 Å². The number of hydrogen-bond donors (Lipinski definition) is 1. The van der Waals surface area contributed by atoms with Crippen molar-refractivity contribution in [2.45, 2.75) is 25.3 Å². The van der Waals surface area contributed by atoms with Crippen LogP contribution in [0.2, 0.25) is 0 Å². The molecule has 3 amide bonds. The summed E-state index contributed by atoms with van der Waals surface area (Å²) in [7, 11) is 1.51. The van der Waals surface area contributed by atoms with Crippen LogP contribution in [0.4, 0.5) is 4.79 Å². The molecule has 18 heavy (non-hydrogen) atoms. The number of likely N-dealkylation sites (N-methyl/N-ethyl adjacent to an activating group) is 1. The average Bonchev–Trinajstić information content (AvgIpc) is 2.57. The predicted molar refractivity (Wildman–Crippen MR) is 64.5 cm³/mol. The van der Waals surface area contributed by atoms with Crippen molar-refractivity contribution in [2.24, 2.45) is 5.92 Å². The Bertz CT molecular complexity index is 407. The van der Waals surface area contributed by atoms with Crippen LogP contribution in [0.15, 0.2) is 0 Å². The van der Waals surface area contributed by atoms with Gasteiger partial charge in [0.1, 0.15) is 5.54 Å². The number of nitrogens with zero attached hydrogens (tertiary/aromatic N) is 3. The van der Waals surface area contributed by atoms with E-state index in [0.29, 0.717) is 12.8 Å². The standard InChI is InChI=1S/C12H18N4O2/c1-9(7-13)8-16-5-3-12(4-6-16)10(17)15(2)11(18)14-12/h9H,3-6,8H2,1-2H3,(H,14,18). The van der Waals surface area contributed by atoms with E-state index < -0.39 is 5.54 Å². The lowest BCUT2D eigenvalue weighted by atomic mass is 9.87. The van der Waals surface area contributed by atoms with Gasteiger partial charge in [0.25, 0.3) is 5.91 Å². The fraction of sp³-hybridized carbons (Fsp3) is 0.750. The second-order valence-corrected chi connectivity index (χ2v) is 5.21. The maximum absolute atomic E-state index is 12.0. The third kappa shape index (κ3) is 2.06. The summed E-state index contributed by atoms with van der Waals surface area (Å²) in [6.45, 7) is 4.10. The van der Waals surface area contributed by atoms with Crippen molar-refractivity contribution in [2.75, 3.05) is 26.7 Å². The first-order valence-corrected chi connectivity index (χ1v) is 6.21. The Morgan fingerprint density at radius 2 is 2.06 bits per heavy atom. The molecule has 1 atom stereocenters. The van der Waals surface area contributed by atoms with Crippen molar-refractivity contribution >= 4 is 11.9 Å². The highest BCUT2D eigenvalue weighted by Crippen LogP contribution is 2.28. The monoisotopic (exact) mass is 250 g/mol.